The molecule has 0 aromatic carbocycles. The fourth-order valence-electron chi connectivity index (χ4n) is 3.56. The maximum absolute atomic E-state index is 13.5. The fraction of sp³-hybridized carbons (Fsp3) is 0.444. The predicted molar refractivity (Wildman–Crippen MR) is 91.3 cm³/mol. The van der Waals surface area contributed by atoms with Crippen molar-refractivity contribution < 1.29 is 14.0 Å². The zero-order valence-electron chi connectivity index (χ0n) is 14.3. The fourth-order valence-corrected chi connectivity index (χ4v) is 3.56. The molecule has 0 aliphatic carbocycles. The highest BCUT2D eigenvalue weighted by molar-refractivity contribution is 5.78. The molecular weight excluding hydrogens is 337 g/mol. The van der Waals surface area contributed by atoms with Gasteiger partial charge in [-0.2, -0.15) is 0 Å². The topological polar surface area (TPSA) is 71.5 Å². The van der Waals surface area contributed by atoms with E-state index in [-0.39, 0.29) is 17.9 Å². The third-order valence-electron chi connectivity index (χ3n) is 4.91. The van der Waals surface area contributed by atoms with Crippen molar-refractivity contribution in [2.45, 2.75) is 25.3 Å². The zero-order valence-corrected chi connectivity index (χ0v) is 14.3. The SMILES string of the molecule is O=C(C1CCN(c2ncccn2)CC1)N1OCC[C@@H]1c1cncc(F)c1. The minimum Gasteiger partial charge on any atom is -0.341 e. The number of pyridine rings is 1. The summed E-state index contributed by atoms with van der Waals surface area (Å²) in [5, 5.41) is 1.43. The van der Waals surface area contributed by atoms with Crippen LogP contribution >= 0.6 is 0 Å². The molecule has 2 aromatic heterocycles. The van der Waals surface area contributed by atoms with Crippen molar-refractivity contribution >= 4 is 11.9 Å². The number of nitrogens with zero attached hydrogens (tertiary/aromatic N) is 5. The lowest BCUT2D eigenvalue weighted by atomic mass is 9.95. The van der Waals surface area contributed by atoms with Crippen LogP contribution in [0.3, 0.4) is 0 Å². The van der Waals surface area contributed by atoms with Gasteiger partial charge in [0.1, 0.15) is 5.82 Å². The Hall–Kier alpha value is -2.61. The normalized spacial score (nSPS) is 21.2. The average Bonchev–Trinajstić information content (AvgIpc) is 3.18. The van der Waals surface area contributed by atoms with Gasteiger partial charge in [-0.15, -0.1) is 0 Å². The second-order valence-electron chi connectivity index (χ2n) is 6.55. The summed E-state index contributed by atoms with van der Waals surface area (Å²) in [6.07, 6.45) is 8.26. The van der Waals surface area contributed by atoms with E-state index < -0.39 is 5.82 Å². The van der Waals surface area contributed by atoms with E-state index in [4.69, 9.17) is 4.84 Å². The van der Waals surface area contributed by atoms with Crippen LogP contribution in [-0.2, 0) is 9.63 Å². The van der Waals surface area contributed by atoms with Crippen LogP contribution < -0.4 is 4.90 Å². The highest BCUT2D eigenvalue weighted by atomic mass is 19.1. The van der Waals surface area contributed by atoms with Crippen molar-refractivity contribution in [3.05, 3.63) is 48.3 Å². The van der Waals surface area contributed by atoms with Gasteiger partial charge < -0.3 is 4.90 Å². The molecule has 136 valence electrons. The number of halogens is 1. The standard InChI is InChI=1S/C18H20FN5O2/c19-15-10-14(11-20-12-15)16-4-9-26-24(16)17(25)13-2-7-23(8-3-13)18-21-5-1-6-22-18/h1,5-6,10-13,16H,2-4,7-9H2/t16-/m1/s1. The summed E-state index contributed by atoms with van der Waals surface area (Å²) < 4.78 is 13.5. The average molecular weight is 357 g/mol. The molecule has 1 amide bonds. The molecular formula is C18H20FN5O2. The molecule has 4 rings (SSSR count). The van der Waals surface area contributed by atoms with Crippen molar-refractivity contribution in [2.75, 3.05) is 24.6 Å². The van der Waals surface area contributed by atoms with Crippen LogP contribution in [0.5, 0.6) is 0 Å². The Bertz CT molecular complexity index is 767. The molecule has 0 spiro atoms. The third kappa shape index (κ3) is 3.37. The molecule has 2 aliphatic heterocycles. The van der Waals surface area contributed by atoms with E-state index in [1.165, 1.54) is 11.1 Å². The number of piperidine rings is 1. The van der Waals surface area contributed by atoms with Gasteiger partial charge in [-0.05, 0) is 30.5 Å². The molecule has 0 unspecified atom stereocenters. The highest BCUT2D eigenvalue weighted by Crippen LogP contribution is 2.33. The number of rotatable bonds is 3. The number of carbonyl (C=O) groups excluding carboxylic acids is 1. The minimum atomic E-state index is -0.405. The van der Waals surface area contributed by atoms with Crippen molar-refractivity contribution in [1.82, 2.24) is 20.0 Å². The highest BCUT2D eigenvalue weighted by Gasteiger charge is 2.37. The third-order valence-corrected chi connectivity index (χ3v) is 4.91. The molecule has 2 aliphatic rings. The summed E-state index contributed by atoms with van der Waals surface area (Å²) in [6.45, 7) is 1.89. The molecule has 0 N–H and O–H groups in total. The van der Waals surface area contributed by atoms with Gasteiger partial charge in [0, 0.05) is 44.0 Å². The van der Waals surface area contributed by atoms with Crippen LogP contribution in [0.4, 0.5) is 10.3 Å². The quantitative estimate of drug-likeness (QED) is 0.838. The van der Waals surface area contributed by atoms with Gasteiger partial charge in [0.15, 0.2) is 0 Å². The number of hydrogen-bond acceptors (Lipinski definition) is 6. The molecule has 4 heterocycles. The lowest BCUT2D eigenvalue weighted by molar-refractivity contribution is -0.182. The second-order valence-corrected chi connectivity index (χ2v) is 6.55. The minimum absolute atomic E-state index is 0.0367. The van der Waals surface area contributed by atoms with Crippen molar-refractivity contribution in [3.8, 4) is 0 Å². The molecule has 2 aromatic rings. The van der Waals surface area contributed by atoms with Gasteiger partial charge in [-0.1, -0.05) is 0 Å². The lowest BCUT2D eigenvalue weighted by Gasteiger charge is -2.33. The summed E-state index contributed by atoms with van der Waals surface area (Å²) in [5.41, 5.74) is 0.672. The van der Waals surface area contributed by atoms with Crippen molar-refractivity contribution in [1.29, 1.82) is 0 Å². The molecule has 26 heavy (non-hydrogen) atoms. The monoisotopic (exact) mass is 357 g/mol. The van der Waals surface area contributed by atoms with E-state index in [0.717, 1.165) is 19.3 Å². The molecule has 8 heteroatoms. The first-order chi connectivity index (χ1) is 12.7. The summed E-state index contributed by atoms with van der Waals surface area (Å²) >= 11 is 0. The van der Waals surface area contributed by atoms with Gasteiger partial charge in [0.25, 0.3) is 0 Å². The van der Waals surface area contributed by atoms with E-state index in [1.807, 2.05) is 0 Å². The Balaban J connectivity index is 1.41. The first kappa shape index (κ1) is 16.8. The molecule has 2 fully saturated rings. The van der Waals surface area contributed by atoms with Crippen LogP contribution in [0.15, 0.2) is 36.9 Å². The predicted octanol–water partition coefficient (Wildman–Crippen LogP) is 2.13. The van der Waals surface area contributed by atoms with Crippen LogP contribution in [0, 0.1) is 11.7 Å². The Labute approximate surface area is 150 Å². The maximum atomic E-state index is 13.5. The van der Waals surface area contributed by atoms with E-state index in [2.05, 4.69) is 19.9 Å². The first-order valence-corrected chi connectivity index (χ1v) is 8.81. The Kier molecular flexibility index (Phi) is 4.75. The van der Waals surface area contributed by atoms with Gasteiger partial charge >= 0.3 is 0 Å². The van der Waals surface area contributed by atoms with E-state index in [9.17, 15) is 9.18 Å². The number of amides is 1. The van der Waals surface area contributed by atoms with Gasteiger partial charge in [-0.25, -0.2) is 19.4 Å². The maximum Gasteiger partial charge on any atom is 0.249 e. The summed E-state index contributed by atoms with van der Waals surface area (Å²) in [5.74, 6) is 0.139. The summed E-state index contributed by atoms with van der Waals surface area (Å²) in [4.78, 5) is 33.0. The Morgan fingerprint density at radius 2 is 1.92 bits per heavy atom. The summed E-state index contributed by atoms with van der Waals surface area (Å²) in [7, 11) is 0. The van der Waals surface area contributed by atoms with Crippen LogP contribution in [0.2, 0.25) is 0 Å². The molecule has 0 radical (unpaired) electrons. The number of aromatic nitrogens is 3. The van der Waals surface area contributed by atoms with Gasteiger partial charge in [0.2, 0.25) is 11.9 Å². The molecule has 0 saturated carbocycles. The lowest BCUT2D eigenvalue weighted by Crippen LogP contribution is -2.42. The van der Waals surface area contributed by atoms with E-state index in [1.54, 1.807) is 24.7 Å². The van der Waals surface area contributed by atoms with Gasteiger partial charge in [0.05, 0.1) is 18.8 Å². The van der Waals surface area contributed by atoms with E-state index >= 15 is 0 Å². The summed E-state index contributed by atoms with van der Waals surface area (Å²) in [6, 6.07) is 2.93. The number of hydroxylamine groups is 2. The van der Waals surface area contributed by atoms with Crippen LogP contribution in [-0.4, -0.2) is 45.6 Å². The van der Waals surface area contributed by atoms with Crippen LogP contribution in [0.1, 0.15) is 30.9 Å². The Morgan fingerprint density at radius 3 is 2.65 bits per heavy atom. The molecule has 7 nitrogen and oxygen atoms in total. The number of anilines is 1. The van der Waals surface area contributed by atoms with E-state index in [0.29, 0.717) is 37.4 Å². The molecule has 2 saturated heterocycles. The van der Waals surface area contributed by atoms with Crippen LogP contribution in [0.25, 0.3) is 0 Å². The van der Waals surface area contributed by atoms with Crippen molar-refractivity contribution in [2.24, 2.45) is 5.92 Å². The Morgan fingerprint density at radius 1 is 1.15 bits per heavy atom. The second kappa shape index (κ2) is 7.33. The molecule has 0 bridgehead atoms. The zero-order chi connectivity index (χ0) is 17.9. The molecule has 1 atom stereocenters. The number of hydrogen-bond donors (Lipinski definition) is 0. The smallest absolute Gasteiger partial charge is 0.249 e. The van der Waals surface area contributed by atoms with Crippen molar-refractivity contribution in [3.63, 3.8) is 0 Å². The number of carbonyl (C=O) groups is 1. The first-order valence-electron chi connectivity index (χ1n) is 8.81. The largest absolute Gasteiger partial charge is 0.341 e. The van der Waals surface area contributed by atoms with Gasteiger partial charge in [-0.3, -0.25) is 14.6 Å².